The number of benzene rings is 1. The smallest absolute Gasteiger partial charge is 0.139 e. The fourth-order valence-electron chi connectivity index (χ4n) is 1.85. The third-order valence-electron chi connectivity index (χ3n) is 2.92. The van der Waals surface area contributed by atoms with Gasteiger partial charge in [0.25, 0.3) is 0 Å². The standard InChI is InChI=1S/C13H15F2N3/c1-7(2)8-4-5-9(14)12(13(8)15)10-6-11(16)18(3)17-10/h4-7H,16H2,1-3H3. The highest BCUT2D eigenvalue weighted by Gasteiger charge is 2.19. The third-order valence-corrected chi connectivity index (χ3v) is 2.92. The third kappa shape index (κ3) is 1.96. The van der Waals surface area contributed by atoms with E-state index in [1.165, 1.54) is 22.9 Å². The van der Waals surface area contributed by atoms with E-state index in [4.69, 9.17) is 5.73 Å². The van der Waals surface area contributed by atoms with Gasteiger partial charge in [-0.15, -0.1) is 0 Å². The molecule has 0 amide bonds. The first-order valence-corrected chi connectivity index (χ1v) is 5.69. The summed E-state index contributed by atoms with van der Waals surface area (Å²) in [6.45, 7) is 3.71. The lowest BCUT2D eigenvalue weighted by atomic mass is 9.98. The highest BCUT2D eigenvalue weighted by Crippen LogP contribution is 2.31. The Bertz CT molecular complexity index is 569. The van der Waals surface area contributed by atoms with E-state index in [-0.39, 0.29) is 17.2 Å². The van der Waals surface area contributed by atoms with Crippen molar-refractivity contribution in [3.63, 3.8) is 0 Å². The van der Waals surface area contributed by atoms with Gasteiger partial charge in [0.2, 0.25) is 0 Å². The van der Waals surface area contributed by atoms with Gasteiger partial charge in [0.05, 0.1) is 5.56 Å². The van der Waals surface area contributed by atoms with Crippen molar-refractivity contribution in [3.05, 3.63) is 35.4 Å². The second-order valence-corrected chi connectivity index (χ2v) is 4.56. The highest BCUT2D eigenvalue weighted by molar-refractivity contribution is 5.65. The Kier molecular flexibility index (Phi) is 3.07. The molecule has 96 valence electrons. The van der Waals surface area contributed by atoms with Crippen molar-refractivity contribution in [3.8, 4) is 11.3 Å². The van der Waals surface area contributed by atoms with Crippen molar-refractivity contribution < 1.29 is 8.78 Å². The van der Waals surface area contributed by atoms with Gasteiger partial charge in [-0.3, -0.25) is 4.68 Å². The lowest BCUT2D eigenvalue weighted by molar-refractivity contribution is 0.569. The quantitative estimate of drug-likeness (QED) is 0.891. The molecule has 0 unspecified atom stereocenters. The van der Waals surface area contributed by atoms with Crippen LogP contribution in [-0.4, -0.2) is 9.78 Å². The molecule has 2 N–H and O–H groups in total. The summed E-state index contributed by atoms with van der Waals surface area (Å²) >= 11 is 0. The van der Waals surface area contributed by atoms with E-state index in [9.17, 15) is 8.78 Å². The normalized spacial score (nSPS) is 11.2. The van der Waals surface area contributed by atoms with E-state index < -0.39 is 11.6 Å². The Morgan fingerprint density at radius 3 is 2.44 bits per heavy atom. The molecule has 5 heteroatoms. The van der Waals surface area contributed by atoms with Crippen LogP contribution in [0.3, 0.4) is 0 Å². The summed E-state index contributed by atoms with van der Waals surface area (Å²) in [6, 6.07) is 4.19. The summed E-state index contributed by atoms with van der Waals surface area (Å²) in [7, 11) is 1.63. The molecule has 0 bridgehead atoms. The number of nitrogen functional groups attached to an aromatic ring is 1. The molecule has 0 spiro atoms. The molecule has 18 heavy (non-hydrogen) atoms. The average Bonchev–Trinajstić information content (AvgIpc) is 2.58. The number of aryl methyl sites for hydroxylation is 1. The van der Waals surface area contributed by atoms with E-state index in [1.54, 1.807) is 7.05 Å². The van der Waals surface area contributed by atoms with Crippen LogP contribution in [0.2, 0.25) is 0 Å². The minimum absolute atomic E-state index is 0.0228. The summed E-state index contributed by atoms with van der Waals surface area (Å²) in [6.07, 6.45) is 0. The predicted octanol–water partition coefficient (Wildman–Crippen LogP) is 3.07. The maximum Gasteiger partial charge on any atom is 0.139 e. The van der Waals surface area contributed by atoms with Crippen LogP contribution in [0.25, 0.3) is 11.3 Å². The molecule has 0 aliphatic rings. The molecule has 1 aromatic carbocycles. The molecule has 0 atom stereocenters. The molecule has 2 aromatic rings. The van der Waals surface area contributed by atoms with Gasteiger partial charge in [0.1, 0.15) is 23.1 Å². The van der Waals surface area contributed by atoms with Crippen LogP contribution in [0.1, 0.15) is 25.3 Å². The Balaban J connectivity index is 2.66. The summed E-state index contributed by atoms with van der Waals surface area (Å²) in [5.41, 5.74) is 6.20. The van der Waals surface area contributed by atoms with Gasteiger partial charge in [-0.2, -0.15) is 5.10 Å². The summed E-state index contributed by atoms with van der Waals surface area (Å²) in [5.74, 6) is -0.859. The Labute approximate surface area is 104 Å². The highest BCUT2D eigenvalue weighted by atomic mass is 19.1. The summed E-state index contributed by atoms with van der Waals surface area (Å²) < 4.78 is 29.5. The maximum atomic E-state index is 14.3. The van der Waals surface area contributed by atoms with E-state index in [2.05, 4.69) is 5.10 Å². The van der Waals surface area contributed by atoms with E-state index in [0.717, 1.165) is 0 Å². The van der Waals surface area contributed by atoms with Gasteiger partial charge in [0, 0.05) is 13.1 Å². The zero-order valence-corrected chi connectivity index (χ0v) is 10.5. The summed E-state index contributed by atoms with van der Waals surface area (Å²) in [4.78, 5) is 0. The van der Waals surface area contributed by atoms with Gasteiger partial charge in [0.15, 0.2) is 0 Å². The zero-order valence-electron chi connectivity index (χ0n) is 10.5. The van der Waals surface area contributed by atoms with E-state index in [1.807, 2.05) is 13.8 Å². The first kappa shape index (κ1) is 12.5. The Morgan fingerprint density at radius 2 is 1.94 bits per heavy atom. The SMILES string of the molecule is CC(C)c1ccc(F)c(-c2cc(N)n(C)n2)c1F. The number of hydrogen-bond acceptors (Lipinski definition) is 2. The van der Waals surface area contributed by atoms with Crippen molar-refractivity contribution in [2.45, 2.75) is 19.8 Å². The predicted molar refractivity (Wildman–Crippen MR) is 67.1 cm³/mol. The minimum Gasteiger partial charge on any atom is -0.384 e. The molecule has 0 aliphatic carbocycles. The lowest BCUT2D eigenvalue weighted by Gasteiger charge is -2.10. The van der Waals surface area contributed by atoms with Crippen LogP contribution in [0.4, 0.5) is 14.6 Å². The number of hydrogen-bond donors (Lipinski definition) is 1. The van der Waals surface area contributed by atoms with Crippen LogP contribution in [0, 0.1) is 11.6 Å². The van der Waals surface area contributed by atoms with Crippen LogP contribution in [0.5, 0.6) is 0 Å². The van der Waals surface area contributed by atoms with Crippen molar-refractivity contribution in [2.24, 2.45) is 7.05 Å². The van der Waals surface area contributed by atoms with Gasteiger partial charge >= 0.3 is 0 Å². The average molecular weight is 251 g/mol. The topological polar surface area (TPSA) is 43.8 Å². The van der Waals surface area contributed by atoms with Gasteiger partial charge in [-0.1, -0.05) is 19.9 Å². The van der Waals surface area contributed by atoms with Crippen molar-refractivity contribution in [1.82, 2.24) is 9.78 Å². The largest absolute Gasteiger partial charge is 0.384 e. The molecule has 0 fully saturated rings. The van der Waals surface area contributed by atoms with Crippen molar-refractivity contribution in [2.75, 3.05) is 5.73 Å². The van der Waals surface area contributed by atoms with Crippen LogP contribution >= 0.6 is 0 Å². The van der Waals surface area contributed by atoms with E-state index >= 15 is 0 Å². The maximum absolute atomic E-state index is 14.3. The number of anilines is 1. The van der Waals surface area contributed by atoms with Crippen LogP contribution < -0.4 is 5.73 Å². The first-order valence-electron chi connectivity index (χ1n) is 5.69. The molecule has 2 rings (SSSR count). The number of rotatable bonds is 2. The molecule has 0 saturated heterocycles. The Morgan fingerprint density at radius 1 is 1.28 bits per heavy atom. The van der Waals surface area contributed by atoms with Gasteiger partial charge in [-0.25, -0.2) is 8.78 Å². The van der Waals surface area contributed by atoms with Crippen molar-refractivity contribution >= 4 is 5.82 Å². The first-order chi connectivity index (χ1) is 8.41. The second kappa shape index (κ2) is 4.40. The van der Waals surface area contributed by atoms with Crippen LogP contribution in [-0.2, 0) is 7.05 Å². The molecular formula is C13H15F2N3. The lowest BCUT2D eigenvalue weighted by Crippen LogP contribution is -2.00. The fourth-order valence-corrected chi connectivity index (χ4v) is 1.85. The molecular weight excluding hydrogens is 236 g/mol. The van der Waals surface area contributed by atoms with E-state index in [0.29, 0.717) is 11.4 Å². The minimum atomic E-state index is -0.630. The Hall–Kier alpha value is -1.91. The second-order valence-electron chi connectivity index (χ2n) is 4.56. The molecule has 0 radical (unpaired) electrons. The monoisotopic (exact) mass is 251 g/mol. The van der Waals surface area contributed by atoms with Crippen LogP contribution in [0.15, 0.2) is 18.2 Å². The molecule has 3 nitrogen and oxygen atoms in total. The number of halogens is 2. The molecule has 1 aromatic heterocycles. The zero-order chi connectivity index (χ0) is 13.4. The molecule has 0 aliphatic heterocycles. The molecule has 1 heterocycles. The summed E-state index contributed by atoms with van der Waals surface area (Å²) in [5, 5.41) is 4.01. The van der Waals surface area contributed by atoms with Gasteiger partial charge in [-0.05, 0) is 17.5 Å². The number of aromatic nitrogens is 2. The van der Waals surface area contributed by atoms with Crippen molar-refractivity contribution in [1.29, 1.82) is 0 Å². The van der Waals surface area contributed by atoms with Gasteiger partial charge < -0.3 is 5.73 Å². The fraction of sp³-hybridized carbons (Fsp3) is 0.308. The molecule has 0 saturated carbocycles. The number of nitrogens with two attached hydrogens (primary N) is 1. The number of nitrogens with zero attached hydrogens (tertiary/aromatic N) is 2.